The summed E-state index contributed by atoms with van der Waals surface area (Å²) in [7, 11) is -2.69. The van der Waals surface area contributed by atoms with Crippen molar-refractivity contribution in [3.8, 4) is 18.2 Å². The van der Waals surface area contributed by atoms with Crippen LogP contribution >= 0.6 is 0 Å². The van der Waals surface area contributed by atoms with E-state index in [-0.39, 0.29) is 35.3 Å². The number of sulfonamides is 1. The summed E-state index contributed by atoms with van der Waals surface area (Å²) >= 11 is 0. The molecule has 2 heterocycles. The molecule has 0 saturated carbocycles. The lowest BCUT2D eigenvalue weighted by atomic mass is 9.80. The normalized spacial score (nSPS) is 21.8. The molecule has 1 aliphatic heterocycles. The van der Waals surface area contributed by atoms with Crippen LogP contribution in [0.3, 0.4) is 0 Å². The SMILES string of the molecule is C#CCOc1cnc(C(F)=Cc2ccc(F)c(C3(C)N=C(N)N(C)S(=O)(=O)C3(C)C)c2)cn1. The molecule has 8 nitrogen and oxygen atoms in total. The molecule has 0 radical (unpaired) electrons. The summed E-state index contributed by atoms with van der Waals surface area (Å²) in [6, 6.07) is 3.81. The average molecular weight is 476 g/mol. The highest BCUT2D eigenvalue weighted by Gasteiger charge is 2.57. The van der Waals surface area contributed by atoms with E-state index < -0.39 is 32.0 Å². The van der Waals surface area contributed by atoms with E-state index in [9.17, 15) is 17.2 Å². The van der Waals surface area contributed by atoms with Crippen molar-refractivity contribution in [3.05, 3.63) is 53.2 Å². The van der Waals surface area contributed by atoms with E-state index in [1.54, 1.807) is 0 Å². The number of hydrogen-bond donors (Lipinski definition) is 1. The molecule has 0 bridgehead atoms. The van der Waals surface area contributed by atoms with E-state index in [4.69, 9.17) is 16.9 Å². The molecule has 0 spiro atoms. The monoisotopic (exact) mass is 475 g/mol. The molecule has 1 aliphatic rings. The number of rotatable bonds is 5. The van der Waals surface area contributed by atoms with E-state index in [0.717, 1.165) is 16.4 Å². The first-order valence-electron chi connectivity index (χ1n) is 9.75. The molecule has 11 heteroatoms. The fourth-order valence-corrected chi connectivity index (χ4v) is 5.02. The Labute approximate surface area is 191 Å². The van der Waals surface area contributed by atoms with E-state index in [2.05, 4.69) is 20.9 Å². The molecule has 0 fully saturated rings. The molecule has 3 rings (SSSR count). The van der Waals surface area contributed by atoms with Crippen molar-refractivity contribution in [2.24, 2.45) is 10.7 Å². The number of nitrogens with zero attached hydrogens (tertiary/aromatic N) is 4. The molecule has 1 aromatic heterocycles. The molecule has 1 aromatic carbocycles. The Morgan fingerprint density at radius 3 is 2.61 bits per heavy atom. The van der Waals surface area contributed by atoms with Crippen LogP contribution in [0.4, 0.5) is 8.78 Å². The number of halogens is 2. The standard InChI is InChI=1S/C22H23F2N5O3S/c1-6-9-32-19-13-26-18(12-27-19)17(24)11-14-7-8-16(23)15(10-14)22(4)21(2,3)33(30,31)29(5)20(25)28-22/h1,7-8,10-13H,9H2,2-5H3,(H2,25,28). The Morgan fingerprint density at radius 2 is 2.00 bits per heavy atom. The van der Waals surface area contributed by atoms with Crippen molar-refractivity contribution in [1.82, 2.24) is 14.3 Å². The van der Waals surface area contributed by atoms with Crippen molar-refractivity contribution in [1.29, 1.82) is 0 Å². The minimum absolute atomic E-state index is 0.00166. The molecular formula is C22H23F2N5O3S. The van der Waals surface area contributed by atoms with Gasteiger partial charge in [0.1, 0.15) is 21.8 Å². The van der Waals surface area contributed by atoms with Crippen LogP contribution in [0, 0.1) is 18.2 Å². The summed E-state index contributed by atoms with van der Waals surface area (Å²) in [6.45, 7) is 4.36. The zero-order valence-electron chi connectivity index (χ0n) is 18.5. The third kappa shape index (κ3) is 4.02. The molecule has 0 amide bonds. The van der Waals surface area contributed by atoms with Crippen molar-refractivity contribution in [3.63, 3.8) is 0 Å². The van der Waals surface area contributed by atoms with Crippen molar-refractivity contribution < 1.29 is 21.9 Å². The summed E-state index contributed by atoms with van der Waals surface area (Å²) in [4.78, 5) is 12.2. The van der Waals surface area contributed by atoms with Crippen molar-refractivity contribution in [2.45, 2.75) is 31.1 Å². The highest BCUT2D eigenvalue weighted by molar-refractivity contribution is 7.91. The fraction of sp³-hybridized carbons (Fsp3) is 0.318. The predicted octanol–water partition coefficient (Wildman–Crippen LogP) is 2.68. The Bertz CT molecular complexity index is 1280. The zero-order chi connectivity index (χ0) is 24.6. The first-order chi connectivity index (χ1) is 15.3. The summed E-state index contributed by atoms with van der Waals surface area (Å²) < 4.78 is 60.2. The fourth-order valence-electron chi connectivity index (χ4n) is 3.39. The van der Waals surface area contributed by atoms with Gasteiger partial charge in [-0.25, -0.2) is 36.5 Å². The largest absolute Gasteiger partial charge is 0.463 e. The van der Waals surface area contributed by atoms with E-state index in [1.807, 2.05) is 0 Å². The number of nitrogens with two attached hydrogens (primary N) is 1. The number of hydrogen-bond acceptors (Lipinski definition) is 7. The van der Waals surface area contributed by atoms with E-state index >= 15 is 0 Å². The first kappa shape index (κ1) is 24.1. The zero-order valence-corrected chi connectivity index (χ0v) is 19.3. The lowest BCUT2D eigenvalue weighted by Gasteiger charge is -2.46. The molecule has 1 unspecified atom stereocenters. The highest BCUT2D eigenvalue weighted by atomic mass is 32.2. The number of aromatic nitrogens is 2. The van der Waals surface area contributed by atoms with Crippen LogP contribution in [-0.2, 0) is 15.6 Å². The van der Waals surface area contributed by atoms with Gasteiger partial charge < -0.3 is 10.5 Å². The third-order valence-corrected chi connectivity index (χ3v) is 8.42. The van der Waals surface area contributed by atoms with E-state index in [1.165, 1.54) is 52.3 Å². The molecular weight excluding hydrogens is 452 g/mol. The quantitative estimate of drug-likeness (QED) is 0.666. The van der Waals surface area contributed by atoms with Gasteiger partial charge in [-0.2, -0.15) is 0 Å². The molecule has 1 atom stereocenters. The minimum Gasteiger partial charge on any atom is -0.463 e. The molecule has 33 heavy (non-hydrogen) atoms. The van der Waals surface area contributed by atoms with E-state index in [0.29, 0.717) is 0 Å². The van der Waals surface area contributed by atoms with Crippen molar-refractivity contribution in [2.75, 3.05) is 13.7 Å². The molecule has 174 valence electrons. The molecule has 2 aromatic rings. The number of terminal acetylenes is 1. The van der Waals surface area contributed by atoms with Crippen LogP contribution in [0.15, 0.2) is 35.6 Å². The maximum absolute atomic E-state index is 14.9. The summed E-state index contributed by atoms with van der Waals surface area (Å²) in [6.07, 6.45) is 8.62. The van der Waals surface area contributed by atoms with Crippen LogP contribution in [0.5, 0.6) is 5.88 Å². The van der Waals surface area contributed by atoms with Crippen LogP contribution < -0.4 is 10.5 Å². The lowest BCUT2D eigenvalue weighted by Crippen LogP contribution is -2.62. The number of ether oxygens (including phenoxy) is 1. The van der Waals surface area contributed by atoms with Gasteiger partial charge in [0.05, 0.1) is 12.4 Å². The number of benzene rings is 1. The van der Waals surface area contributed by atoms with Crippen LogP contribution in [0.2, 0.25) is 0 Å². The second-order valence-electron chi connectivity index (χ2n) is 7.99. The minimum atomic E-state index is -3.97. The lowest BCUT2D eigenvalue weighted by molar-refractivity contribution is 0.327. The number of guanidine groups is 1. The Hall–Kier alpha value is -3.52. The van der Waals surface area contributed by atoms with Gasteiger partial charge >= 0.3 is 0 Å². The number of aliphatic imine (C=N–C) groups is 1. The topological polar surface area (TPSA) is 111 Å². The maximum atomic E-state index is 14.9. The van der Waals surface area contributed by atoms with Gasteiger partial charge in [-0.15, -0.1) is 6.42 Å². The van der Waals surface area contributed by atoms with Gasteiger partial charge in [0.15, 0.2) is 12.4 Å². The predicted molar refractivity (Wildman–Crippen MR) is 121 cm³/mol. The second-order valence-corrected chi connectivity index (χ2v) is 10.5. The van der Waals surface area contributed by atoms with Gasteiger partial charge in [-0.1, -0.05) is 12.0 Å². The van der Waals surface area contributed by atoms with Gasteiger partial charge in [-0.3, -0.25) is 0 Å². The molecule has 2 N–H and O–H groups in total. The Morgan fingerprint density at radius 1 is 1.30 bits per heavy atom. The van der Waals surface area contributed by atoms with Crippen molar-refractivity contribution >= 4 is 27.9 Å². The van der Waals surface area contributed by atoms with Gasteiger partial charge in [0.25, 0.3) is 0 Å². The highest BCUT2D eigenvalue weighted by Crippen LogP contribution is 2.46. The third-order valence-electron chi connectivity index (χ3n) is 5.82. The maximum Gasteiger partial charge on any atom is 0.245 e. The van der Waals surface area contributed by atoms with Gasteiger partial charge in [-0.05, 0) is 44.5 Å². The Balaban J connectivity index is 2.05. The average Bonchev–Trinajstić information content (AvgIpc) is 2.77. The van der Waals surface area contributed by atoms with Gasteiger partial charge in [0, 0.05) is 12.6 Å². The summed E-state index contributed by atoms with van der Waals surface area (Å²) in [5, 5.41) is 0. The Kier molecular flexibility index (Phi) is 6.17. The summed E-state index contributed by atoms with van der Waals surface area (Å²) in [5.41, 5.74) is 4.40. The van der Waals surface area contributed by atoms with Gasteiger partial charge in [0.2, 0.25) is 21.9 Å². The first-order valence-corrected chi connectivity index (χ1v) is 11.2. The van der Waals surface area contributed by atoms with Crippen LogP contribution in [-0.4, -0.2) is 47.1 Å². The van der Waals surface area contributed by atoms with Crippen LogP contribution in [0.25, 0.3) is 11.9 Å². The molecule has 0 aliphatic carbocycles. The smallest absolute Gasteiger partial charge is 0.245 e. The second kappa shape index (κ2) is 8.44. The van der Waals surface area contributed by atoms with Crippen LogP contribution in [0.1, 0.15) is 37.6 Å². The summed E-state index contributed by atoms with van der Waals surface area (Å²) in [5.74, 6) is 0.704. The molecule has 0 saturated heterocycles.